The van der Waals surface area contributed by atoms with Crippen molar-refractivity contribution in [3.05, 3.63) is 29.8 Å². The van der Waals surface area contributed by atoms with Gasteiger partial charge in [-0.3, -0.25) is 4.79 Å². The van der Waals surface area contributed by atoms with Crippen molar-refractivity contribution in [3.63, 3.8) is 0 Å². The molecular formula is C12H11F2NO. The van der Waals surface area contributed by atoms with Crippen LogP contribution in [0.4, 0.5) is 14.5 Å². The summed E-state index contributed by atoms with van der Waals surface area (Å²) in [5, 5.41) is 2.72. The highest BCUT2D eigenvalue weighted by atomic mass is 19.3. The van der Waals surface area contributed by atoms with E-state index in [0.717, 1.165) is 5.56 Å². The molecule has 1 N–H and O–H groups in total. The van der Waals surface area contributed by atoms with E-state index in [1.807, 2.05) is 12.1 Å². The summed E-state index contributed by atoms with van der Waals surface area (Å²) in [6.07, 6.45) is 0.0938. The summed E-state index contributed by atoms with van der Waals surface area (Å²) in [6.45, 7) is 0. The van der Waals surface area contributed by atoms with E-state index in [4.69, 9.17) is 0 Å². The number of amides is 1. The van der Waals surface area contributed by atoms with Crippen molar-refractivity contribution in [1.29, 1.82) is 0 Å². The van der Waals surface area contributed by atoms with Gasteiger partial charge in [-0.15, -0.1) is 0 Å². The van der Waals surface area contributed by atoms with Crippen LogP contribution < -0.4 is 5.32 Å². The van der Waals surface area contributed by atoms with Gasteiger partial charge in [-0.1, -0.05) is 18.2 Å². The monoisotopic (exact) mass is 223 g/mol. The van der Waals surface area contributed by atoms with Gasteiger partial charge in [0.1, 0.15) is 0 Å². The van der Waals surface area contributed by atoms with E-state index in [2.05, 4.69) is 5.32 Å². The number of anilines is 1. The second kappa shape index (κ2) is 3.03. The number of hydrogen-bond donors (Lipinski definition) is 1. The molecule has 0 saturated heterocycles. The zero-order chi connectivity index (χ0) is 11.3. The van der Waals surface area contributed by atoms with E-state index >= 15 is 0 Å². The number of fused-ring (bicyclic) bond motifs is 1. The smallest absolute Gasteiger partial charge is 0.252 e. The van der Waals surface area contributed by atoms with E-state index in [0.29, 0.717) is 5.69 Å². The first-order valence-electron chi connectivity index (χ1n) is 5.34. The van der Waals surface area contributed by atoms with Gasteiger partial charge in [-0.05, 0) is 11.6 Å². The second-order valence-corrected chi connectivity index (χ2v) is 4.52. The first kappa shape index (κ1) is 9.75. The molecule has 1 aliphatic heterocycles. The number of para-hydroxylation sites is 1. The fourth-order valence-corrected chi connectivity index (χ4v) is 2.47. The molecule has 0 bridgehead atoms. The van der Waals surface area contributed by atoms with Crippen LogP contribution in [-0.2, 0) is 4.79 Å². The van der Waals surface area contributed by atoms with Crippen molar-refractivity contribution in [2.24, 2.45) is 5.92 Å². The Morgan fingerprint density at radius 2 is 2.00 bits per heavy atom. The minimum Gasteiger partial charge on any atom is -0.326 e. The minimum absolute atomic E-state index is 0.0840. The third-order valence-electron chi connectivity index (χ3n) is 3.40. The lowest BCUT2D eigenvalue weighted by Crippen LogP contribution is -2.25. The lowest BCUT2D eigenvalue weighted by Gasteiger charge is -2.25. The molecule has 0 radical (unpaired) electrons. The predicted molar refractivity (Wildman–Crippen MR) is 55.5 cm³/mol. The lowest BCUT2D eigenvalue weighted by atomic mass is 9.86. The molecule has 0 aromatic heterocycles. The highest BCUT2D eigenvalue weighted by Crippen LogP contribution is 2.58. The van der Waals surface area contributed by atoms with E-state index in [1.54, 1.807) is 12.1 Å². The Bertz CT molecular complexity index is 458. The number of hydrogen-bond acceptors (Lipinski definition) is 1. The van der Waals surface area contributed by atoms with Gasteiger partial charge in [0.25, 0.3) is 5.92 Å². The van der Waals surface area contributed by atoms with Gasteiger partial charge in [0.05, 0.1) is 0 Å². The van der Waals surface area contributed by atoms with Gasteiger partial charge in [-0.2, -0.15) is 0 Å². The number of nitrogens with one attached hydrogen (secondary N) is 1. The summed E-state index contributed by atoms with van der Waals surface area (Å²) < 4.78 is 26.1. The fourth-order valence-electron chi connectivity index (χ4n) is 2.47. The number of carbonyl (C=O) groups is 1. The standard InChI is InChI=1S/C12H11F2NO/c13-12(14)6-9(12)8-5-11(16)15-10-4-2-1-3-7(8)10/h1-4,8-9H,5-6H2,(H,15,16). The molecule has 1 aromatic carbocycles. The minimum atomic E-state index is -2.57. The zero-order valence-electron chi connectivity index (χ0n) is 8.54. The van der Waals surface area contributed by atoms with Gasteiger partial charge in [0, 0.05) is 30.4 Å². The van der Waals surface area contributed by atoms with Crippen LogP contribution in [0.2, 0.25) is 0 Å². The van der Waals surface area contributed by atoms with E-state index in [-0.39, 0.29) is 24.7 Å². The van der Waals surface area contributed by atoms with Crippen molar-refractivity contribution >= 4 is 11.6 Å². The summed E-state index contributed by atoms with van der Waals surface area (Å²) in [7, 11) is 0. The summed E-state index contributed by atoms with van der Waals surface area (Å²) in [6, 6.07) is 7.21. The number of carbonyl (C=O) groups excluding carboxylic acids is 1. The Balaban J connectivity index is 1.98. The second-order valence-electron chi connectivity index (χ2n) is 4.52. The summed E-state index contributed by atoms with van der Waals surface area (Å²) in [5.41, 5.74) is 1.54. The average Bonchev–Trinajstić information content (AvgIpc) is 2.86. The Labute approximate surface area is 91.7 Å². The maximum atomic E-state index is 13.1. The molecule has 2 unspecified atom stereocenters. The summed E-state index contributed by atoms with van der Waals surface area (Å²) in [4.78, 5) is 11.4. The third kappa shape index (κ3) is 1.40. The average molecular weight is 223 g/mol. The molecule has 0 spiro atoms. The van der Waals surface area contributed by atoms with E-state index < -0.39 is 11.8 Å². The van der Waals surface area contributed by atoms with Gasteiger partial charge >= 0.3 is 0 Å². The summed E-state index contributed by atoms with van der Waals surface area (Å²) >= 11 is 0. The largest absolute Gasteiger partial charge is 0.326 e. The van der Waals surface area contributed by atoms with Crippen molar-refractivity contribution in [2.45, 2.75) is 24.7 Å². The number of rotatable bonds is 1. The van der Waals surface area contributed by atoms with Crippen LogP contribution >= 0.6 is 0 Å². The van der Waals surface area contributed by atoms with Crippen LogP contribution in [0.5, 0.6) is 0 Å². The third-order valence-corrected chi connectivity index (χ3v) is 3.40. The fraction of sp³-hybridized carbons (Fsp3) is 0.417. The van der Waals surface area contributed by atoms with E-state index in [1.165, 1.54) is 0 Å². The Kier molecular flexibility index (Phi) is 1.85. The van der Waals surface area contributed by atoms with Crippen LogP contribution in [0.3, 0.4) is 0 Å². The maximum absolute atomic E-state index is 13.1. The van der Waals surface area contributed by atoms with Gasteiger partial charge in [-0.25, -0.2) is 8.78 Å². The summed E-state index contributed by atoms with van der Waals surface area (Å²) in [5.74, 6) is -3.71. The molecule has 1 aliphatic carbocycles. The molecule has 2 nitrogen and oxygen atoms in total. The Hall–Kier alpha value is -1.45. The molecular weight excluding hydrogens is 212 g/mol. The first-order valence-corrected chi connectivity index (χ1v) is 5.34. The molecule has 84 valence electrons. The van der Waals surface area contributed by atoms with Crippen LogP contribution in [0.1, 0.15) is 24.3 Å². The molecule has 1 heterocycles. The molecule has 4 heteroatoms. The number of halogens is 2. The van der Waals surface area contributed by atoms with Gasteiger partial charge in [0.15, 0.2) is 0 Å². The van der Waals surface area contributed by atoms with Crippen LogP contribution in [0, 0.1) is 5.92 Å². The van der Waals surface area contributed by atoms with Gasteiger partial charge < -0.3 is 5.32 Å². The van der Waals surface area contributed by atoms with Crippen molar-refractivity contribution in [3.8, 4) is 0 Å². The molecule has 1 saturated carbocycles. The van der Waals surface area contributed by atoms with E-state index in [9.17, 15) is 13.6 Å². The SMILES string of the molecule is O=C1CC(C2CC2(F)F)c2ccccc2N1. The molecule has 1 aromatic rings. The zero-order valence-corrected chi connectivity index (χ0v) is 8.54. The Morgan fingerprint density at radius 3 is 2.69 bits per heavy atom. The topological polar surface area (TPSA) is 29.1 Å². The number of benzene rings is 1. The molecule has 1 amide bonds. The van der Waals surface area contributed by atoms with Gasteiger partial charge in [0.2, 0.25) is 5.91 Å². The molecule has 3 rings (SSSR count). The van der Waals surface area contributed by atoms with Crippen LogP contribution in [0.15, 0.2) is 24.3 Å². The highest BCUT2D eigenvalue weighted by molar-refractivity contribution is 5.94. The number of alkyl halides is 2. The normalized spacial score (nSPS) is 30.5. The molecule has 16 heavy (non-hydrogen) atoms. The highest BCUT2D eigenvalue weighted by Gasteiger charge is 2.61. The quantitative estimate of drug-likeness (QED) is 0.779. The van der Waals surface area contributed by atoms with Crippen LogP contribution in [0.25, 0.3) is 0 Å². The van der Waals surface area contributed by atoms with Crippen molar-refractivity contribution in [2.75, 3.05) is 5.32 Å². The first-order chi connectivity index (χ1) is 7.58. The van der Waals surface area contributed by atoms with Crippen molar-refractivity contribution in [1.82, 2.24) is 0 Å². The van der Waals surface area contributed by atoms with Crippen molar-refractivity contribution < 1.29 is 13.6 Å². The van der Waals surface area contributed by atoms with Crippen LogP contribution in [-0.4, -0.2) is 11.8 Å². The predicted octanol–water partition coefficient (Wildman–Crippen LogP) is 2.77. The lowest BCUT2D eigenvalue weighted by molar-refractivity contribution is -0.117. The molecule has 2 aliphatic rings. The molecule has 2 atom stereocenters. The maximum Gasteiger partial charge on any atom is 0.252 e. The Morgan fingerprint density at radius 1 is 1.31 bits per heavy atom. The molecule has 1 fully saturated rings.